The minimum atomic E-state index is 1.72. The van der Waals surface area contributed by atoms with Crippen LogP contribution in [0.15, 0.2) is 17.2 Å². The van der Waals surface area contributed by atoms with Crippen molar-refractivity contribution in [3.05, 3.63) is 12.3 Å². The summed E-state index contributed by atoms with van der Waals surface area (Å²) in [6, 6.07) is 0. The SMILES string of the molecule is C[B]N=CC=CNC. The number of nitrogens with zero attached hydrogens (tertiary/aromatic N) is 1. The van der Waals surface area contributed by atoms with E-state index >= 15 is 0 Å². The minimum absolute atomic E-state index is 1.72. The summed E-state index contributed by atoms with van der Waals surface area (Å²) in [5, 5.41) is 2.84. The standard InChI is InChI=1S/C5H10BN2/c1-6-8-5-3-4-7-2/h3-5,7H,1-2H3. The zero-order valence-electron chi connectivity index (χ0n) is 5.26. The highest BCUT2D eigenvalue weighted by Crippen LogP contribution is 1.62. The molecule has 0 heterocycles. The maximum absolute atomic E-state index is 3.83. The van der Waals surface area contributed by atoms with E-state index in [4.69, 9.17) is 0 Å². The van der Waals surface area contributed by atoms with Gasteiger partial charge in [-0.2, -0.15) is 0 Å². The van der Waals surface area contributed by atoms with Gasteiger partial charge in [0.2, 0.25) is 0 Å². The first-order valence-electron chi connectivity index (χ1n) is 2.55. The Morgan fingerprint density at radius 3 is 2.88 bits per heavy atom. The minimum Gasteiger partial charge on any atom is -0.394 e. The molecule has 0 rings (SSSR count). The van der Waals surface area contributed by atoms with Gasteiger partial charge in [0.1, 0.15) is 0 Å². The number of hydrogen-bond donors (Lipinski definition) is 1. The summed E-state index contributed by atoms with van der Waals surface area (Å²) < 4.78 is 0. The van der Waals surface area contributed by atoms with Crippen LogP contribution in [0.3, 0.4) is 0 Å². The van der Waals surface area contributed by atoms with E-state index in [1.165, 1.54) is 0 Å². The predicted octanol–water partition coefficient (Wildman–Crippen LogP) is 0.458. The van der Waals surface area contributed by atoms with Crippen LogP contribution in [0.2, 0.25) is 6.82 Å². The van der Waals surface area contributed by atoms with Gasteiger partial charge in [0.15, 0.2) is 0 Å². The van der Waals surface area contributed by atoms with Crippen molar-refractivity contribution in [3.63, 3.8) is 0 Å². The fourth-order valence-corrected chi connectivity index (χ4v) is 0.275. The van der Waals surface area contributed by atoms with Crippen LogP contribution in [0.5, 0.6) is 0 Å². The maximum atomic E-state index is 3.83. The summed E-state index contributed by atoms with van der Waals surface area (Å²) in [5.74, 6) is 0. The van der Waals surface area contributed by atoms with E-state index in [9.17, 15) is 0 Å². The van der Waals surface area contributed by atoms with Crippen molar-refractivity contribution in [3.8, 4) is 0 Å². The third-order valence-electron chi connectivity index (χ3n) is 0.584. The average Bonchev–Trinajstić information content (AvgIpc) is 1.81. The van der Waals surface area contributed by atoms with E-state index < -0.39 is 0 Å². The Morgan fingerprint density at radius 1 is 1.62 bits per heavy atom. The van der Waals surface area contributed by atoms with Crippen molar-refractivity contribution in [2.45, 2.75) is 6.82 Å². The van der Waals surface area contributed by atoms with Crippen LogP contribution in [-0.2, 0) is 0 Å². The van der Waals surface area contributed by atoms with E-state index in [1.54, 1.807) is 13.6 Å². The average molecular weight is 109 g/mol. The summed E-state index contributed by atoms with van der Waals surface area (Å²) >= 11 is 0. The van der Waals surface area contributed by atoms with Crippen LogP contribution >= 0.6 is 0 Å². The lowest BCUT2D eigenvalue weighted by atomic mass is 10.0. The molecule has 0 unspecified atom stereocenters. The summed E-state index contributed by atoms with van der Waals surface area (Å²) in [4.78, 5) is 3.83. The van der Waals surface area contributed by atoms with Gasteiger partial charge in [0.05, 0.1) is 0 Å². The lowest BCUT2D eigenvalue weighted by Crippen LogP contribution is -1.90. The maximum Gasteiger partial charge on any atom is 0.271 e. The third kappa shape index (κ3) is 5.27. The molecule has 0 bridgehead atoms. The Balaban J connectivity index is 3.13. The summed E-state index contributed by atoms with van der Waals surface area (Å²) in [7, 11) is 3.58. The van der Waals surface area contributed by atoms with Crippen molar-refractivity contribution < 1.29 is 0 Å². The Bertz CT molecular complexity index is 76.4. The third-order valence-corrected chi connectivity index (χ3v) is 0.584. The van der Waals surface area contributed by atoms with Crippen molar-refractivity contribution in [1.29, 1.82) is 0 Å². The number of hydrogen-bond acceptors (Lipinski definition) is 2. The van der Waals surface area contributed by atoms with Gasteiger partial charge >= 0.3 is 0 Å². The monoisotopic (exact) mass is 109 g/mol. The van der Waals surface area contributed by atoms with E-state index in [1.807, 2.05) is 26.1 Å². The lowest BCUT2D eigenvalue weighted by Gasteiger charge is -1.78. The normalized spacial score (nSPS) is 10.8. The molecule has 3 heteroatoms. The molecule has 0 aromatic rings. The first-order chi connectivity index (χ1) is 3.91. The van der Waals surface area contributed by atoms with Gasteiger partial charge in [-0.25, -0.2) is 0 Å². The fourth-order valence-electron chi connectivity index (χ4n) is 0.275. The first-order valence-corrected chi connectivity index (χ1v) is 2.55. The molecule has 0 saturated heterocycles. The number of rotatable bonds is 3. The molecule has 0 aliphatic rings. The molecule has 1 radical (unpaired) electrons. The van der Waals surface area contributed by atoms with Gasteiger partial charge < -0.3 is 10.2 Å². The zero-order chi connectivity index (χ0) is 6.24. The molecule has 0 saturated carbocycles. The first kappa shape index (κ1) is 7.27. The van der Waals surface area contributed by atoms with Gasteiger partial charge in [-0.15, -0.1) is 0 Å². The highest BCUT2D eigenvalue weighted by Gasteiger charge is 1.63. The molecule has 0 aromatic heterocycles. The van der Waals surface area contributed by atoms with Crippen molar-refractivity contribution >= 4 is 13.6 Å². The van der Waals surface area contributed by atoms with Gasteiger partial charge in [0, 0.05) is 13.3 Å². The van der Waals surface area contributed by atoms with Crippen molar-refractivity contribution in [2.24, 2.45) is 4.90 Å². The largest absolute Gasteiger partial charge is 0.394 e. The Kier molecular flexibility index (Phi) is 5.71. The van der Waals surface area contributed by atoms with Crippen molar-refractivity contribution in [2.75, 3.05) is 7.05 Å². The quantitative estimate of drug-likeness (QED) is 0.413. The molecule has 0 atom stereocenters. The molecular weight excluding hydrogens is 98.9 g/mol. The predicted molar refractivity (Wildman–Crippen MR) is 38.3 cm³/mol. The molecule has 0 amide bonds. The second kappa shape index (κ2) is 6.27. The van der Waals surface area contributed by atoms with E-state index in [2.05, 4.69) is 10.2 Å². The second-order valence-corrected chi connectivity index (χ2v) is 1.20. The number of allylic oxidation sites excluding steroid dienone is 1. The van der Waals surface area contributed by atoms with Crippen LogP contribution in [0.25, 0.3) is 0 Å². The molecule has 8 heavy (non-hydrogen) atoms. The highest BCUT2D eigenvalue weighted by atomic mass is 14.8. The Morgan fingerprint density at radius 2 is 2.38 bits per heavy atom. The van der Waals surface area contributed by atoms with Gasteiger partial charge in [-0.3, -0.25) is 0 Å². The Labute approximate surface area is 51.0 Å². The van der Waals surface area contributed by atoms with Crippen LogP contribution in [0.1, 0.15) is 0 Å². The van der Waals surface area contributed by atoms with Crippen LogP contribution in [-0.4, -0.2) is 20.7 Å². The van der Waals surface area contributed by atoms with Crippen LogP contribution in [0.4, 0.5) is 0 Å². The fraction of sp³-hybridized carbons (Fsp3) is 0.400. The highest BCUT2D eigenvalue weighted by molar-refractivity contribution is 6.33. The van der Waals surface area contributed by atoms with E-state index in [-0.39, 0.29) is 0 Å². The summed E-state index contributed by atoms with van der Waals surface area (Å²) in [5.41, 5.74) is 0. The summed E-state index contributed by atoms with van der Waals surface area (Å²) in [6.07, 6.45) is 5.36. The van der Waals surface area contributed by atoms with Crippen LogP contribution < -0.4 is 5.32 Å². The Hall–Kier alpha value is -0.725. The lowest BCUT2D eigenvalue weighted by molar-refractivity contribution is 1.11. The molecule has 0 fully saturated rings. The van der Waals surface area contributed by atoms with E-state index in [0.717, 1.165) is 0 Å². The second-order valence-electron chi connectivity index (χ2n) is 1.20. The van der Waals surface area contributed by atoms with Crippen molar-refractivity contribution in [1.82, 2.24) is 5.32 Å². The smallest absolute Gasteiger partial charge is 0.271 e. The summed E-state index contributed by atoms with van der Waals surface area (Å²) in [6.45, 7) is 1.88. The molecule has 2 nitrogen and oxygen atoms in total. The number of nitrogens with one attached hydrogen (secondary N) is 1. The zero-order valence-corrected chi connectivity index (χ0v) is 5.26. The molecule has 0 aromatic carbocycles. The molecule has 0 aliphatic heterocycles. The molecule has 43 valence electrons. The van der Waals surface area contributed by atoms with E-state index in [0.29, 0.717) is 0 Å². The van der Waals surface area contributed by atoms with Gasteiger partial charge in [-0.05, 0) is 12.3 Å². The molecular formula is C5H10BN2. The van der Waals surface area contributed by atoms with Crippen LogP contribution in [0, 0.1) is 0 Å². The molecule has 0 spiro atoms. The van der Waals surface area contributed by atoms with Gasteiger partial charge in [-0.1, -0.05) is 6.82 Å². The molecule has 1 N–H and O–H groups in total. The van der Waals surface area contributed by atoms with Gasteiger partial charge in [0.25, 0.3) is 7.41 Å². The molecule has 0 aliphatic carbocycles. The topological polar surface area (TPSA) is 24.4 Å².